The summed E-state index contributed by atoms with van der Waals surface area (Å²) in [5, 5.41) is 110. The number of phenolic OH excluding ortho intramolecular Hbond substituents is 1. The van der Waals surface area contributed by atoms with Gasteiger partial charge in [0.05, 0.1) is 30.8 Å². The van der Waals surface area contributed by atoms with Crippen LogP contribution in [-0.2, 0) is 38.4 Å². The molecule has 8 amide bonds. The highest BCUT2D eigenvalue weighted by molar-refractivity contribution is 5.98. The third-order valence-corrected chi connectivity index (χ3v) is 14.3. The van der Waals surface area contributed by atoms with Crippen LogP contribution in [0.25, 0.3) is 0 Å². The molecule has 422 valence electrons. The number of aliphatic hydroxyl groups is 8. The topological polar surface area (TPSA) is 411 Å². The van der Waals surface area contributed by atoms with Crippen molar-refractivity contribution in [2.24, 2.45) is 17.6 Å². The van der Waals surface area contributed by atoms with Gasteiger partial charge in [0.2, 0.25) is 47.3 Å². The zero-order chi connectivity index (χ0) is 55.8. The molecule has 3 fully saturated rings. The number of aliphatic hydroxyl groups excluding tert-OH is 8. The predicted molar refractivity (Wildman–Crippen MR) is 265 cm³/mol. The number of primary amides is 1. The summed E-state index contributed by atoms with van der Waals surface area (Å²) in [7, 11) is 0. The quantitative estimate of drug-likeness (QED) is 0.0568. The second-order valence-electron chi connectivity index (χ2n) is 20.6. The number of phenols is 1. The van der Waals surface area contributed by atoms with Gasteiger partial charge in [-0.3, -0.25) is 38.4 Å². The van der Waals surface area contributed by atoms with E-state index in [1.54, 1.807) is 0 Å². The van der Waals surface area contributed by atoms with Crippen molar-refractivity contribution in [3.8, 4) is 5.75 Å². The molecule has 3 saturated heterocycles. The minimum atomic E-state index is -2.36. The van der Waals surface area contributed by atoms with Crippen LogP contribution in [0.2, 0.25) is 0 Å². The molecule has 25 heteroatoms. The highest BCUT2D eigenvalue weighted by atomic mass is 16.3. The fraction of sp³-hybridized carbons (Fsp3) is 0.720. The summed E-state index contributed by atoms with van der Waals surface area (Å²) in [6.45, 7) is 6.76. The number of rotatable bonds is 20. The SMILES string of the molecule is CCC(C)CC(C)CCCCCCCCC(=O)NC1C[C@@H](O)[C@@H](O)NC(=O)[C@@H]2[C@@H](O)CCN2C(=O)[C@H]([C@H](O)CC(N)=O)NC(=O)[C@H]([C@H](O)[C@@H](O)c2ccc(O)cc2)NC(=O)[C@@H]2C[C@@H](O)CN2C(=O)[C@H]([C@@H](C)O)NC1=O. The summed E-state index contributed by atoms with van der Waals surface area (Å²) in [4.78, 5) is 112. The predicted octanol–water partition coefficient (Wildman–Crippen LogP) is -3.34. The van der Waals surface area contributed by atoms with E-state index < -0.39 is 165 Å². The molecule has 75 heavy (non-hydrogen) atoms. The number of aromatic hydroxyl groups is 1. The summed E-state index contributed by atoms with van der Waals surface area (Å²) in [5.74, 6) is -8.59. The van der Waals surface area contributed by atoms with Crippen LogP contribution < -0.4 is 32.3 Å². The molecule has 25 nitrogen and oxygen atoms in total. The number of nitrogens with one attached hydrogen (secondary N) is 5. The van der Waals surface area contributed by atoms with Crippen LogP contribution in [0.1, 0.15) is 129 Å². The molecule has 3 aliphatic rings. The van der Waals surface area contributed by atoms with E-state index in [0.29, 0.717) is 29.6 Å². The number of benzene rings is 1. The molecular weight excluding hydrogens is 985 g/mol. The zero-order valence-corrected chi connectivity index (χ0v) is 43.1. The average Bonchev–Trinajstić information content (AvgIpc) is 3.95. The Balaban J connectivity index is 1.69. The maximum absolute atomic E-state index is 14.4. The van der Waals surface area contributed by atoms with Gasteiger partial charge in [0, 0.05) is 32.4 Å². The van der Waals surface area contributed by atoms with Crippen molar-refractivity contribution in [1.29, 1.82) is 0 Å². The van der Waals surface area contributed by atoms with E-state index in [1.807, 2.05) is 0 Å². The maximum atomic E-state index is 14.4. The molecule has 1 aromatic rings. The Morgan fingerprint density at radius 3 is 1.95 bits per heavy atom. The van der Waals surface area contributed by atoms with Gasteiger partial charge in [-0.15, -0.1) is 0 Å². The Kier molecular flexibility index (Phi) is 24.1. The Morgan fingerprint density at radius 2 is 1.32 bits per heavy atom. The lowest BCUT2D eigenvalue weighted by Crippen LogP contribution is -2.64. The minimum Gasteiger partial charge on any atom is -0.508 e. The first-order chi connectivity index (χ1) is 35.3. The van der Waals surface area contributed by atoms with Crippen molar-refractivity contribution in [3.05, 3.63) is 29.8 Å². The van der Waals surface area contributed by atoms with Crippen LogP contribution in [-0.4, -0.2) is 195 Å². The van der Waals surface area contributed by atoms with Crippen molar-refractivity contribution >= 4 is 47.3 Å². The number of nitrogens with zero attached hydrogens (tertiary/aromatic N) is 2. The monoisotopic (exact) mass is 1060 g/mol. The van der Waals surface area contributed by atoms with E-state index in [2.05, 4.69) is 47.4 Å². The first-order valence-corrected chi connectivity index (χ1v) is 26.0. The van der Waals surface area contributed by atoms with E-state index in [-0.39, 0.29) is 24.2 Å². The minimum absolute atomic E-state index is 0.0795. The molecule has 1 aromatic carbocycles. The van der Waals surface area contributed by atoms with Crippen LogP contribution in [0.3, 0.4) is 0 Å². The molecule has 0 aromatic heterocycles. The molecule has 3 heterocycles. The van der Waals surface area contributed by atoms with Crippen molar-refractivity contribution in [1.82, 2.24) is 36.4 Å². The average molecular weight is 1070 g/mol. The number of amides is 8. The second kappa shape index (κ2) is 29.1. The third kappa shape index (κ3) is 17.8. The summed E-state index contributed by atoms with van der Waals surface area (Å²) in [5.41, 5.74) is 5.21. The van der Waals surface area contributed by atoms with Crippen molar-refractivity contribution in [2.45, 2.75) is 203 Å². The first kappa shape index (κ1) is 62.0. The molecule has 0 radical (unpaired) electrons. The summed E-state index contributed by atoms with van der Waals surface area (Å²) in [6.07, 6.45) is -10.2. The summed E-state index contributed by atoms with van der Waals surface area (Å²) in [6, 6.07) is -7.37. The van der Waals surface area contributed by atoms with Crippen molar-refractivity contribution in [2.75, 3.05) is 13.1 Å². The van der Waals surface area contributed by atoms with Gasteiger partial charge in [0.1, 0.15) is 60.3 Å². The lowest BCUT2D eigenvalue weighted by molar-refractivity contribution is -0.149. The number of hydrogen-bond donors (Lipinski definition) is 15. The molecule has 0 saturated carbocycles. The van der Waals surface area contributed by atoms with Gasteiger partial charge in [-0.25, -0.2) is 0 Å². The number of unbranched alkanes of at least 4 members (excludes halogenated alkanes) is 5. The van der Waals surface area contributed by atoms with E-state index in [1.165, 1.54) is 6.42 Å². The summed E-state index contributed by atoms with van der Waals surface area (Å²) >= 11 is 0. The molecule has 4 rings (SSSR count). The van der Waals surface area contributed by atoms with Crippen molar-refractivity contribution < 1.29 is 84.3 Å². The second-order valence-corrected chi connectivity index (χ2v) is 20.6. The molecule has 3 unspecified atom stereocenters. The number of nitrogens with two attached hydrogens (primary N) is 1. The third-order valence-electron chi connectivity index (χ3n) is 14.3. The summed E-state index contributed by atoms with van der Waals surface area (Å²) < 4.78 is 0. The highest BCUT2D eigenvalue weighted by Gasteiger charge is 2.49. The number of fused-ring (bicyclic) bond motifs is 2. The molecule has 0 bridgehead atoms. The lowest BCUT2D eigenvalue weighted by Gasteiger charge is -2.34. The molecule has 0 aliphatic carbocycles. The van der Waals surface area contributed by atoms with Gasteiger partial charge in [-0.2, -0.15) is 0 Å². The Morgan fingerprint density at radius 1 is 0.720 bits per heavy atom. The highest BCUT2D eigenvalue weighted by Crippen LogP contribution is 2.27. The van der Waals surface area contributed by atoms with Crippen LogP contribution in [0.5, 0.6) is 5.75 Å². The Labute approximate surface area is 436 Å². The molecule has 0 spiro atoms. The smallest absolute Gasteiger partial charge is 0.248 e. The molecule has 16 atom stereocenters. The van der Waals surface area contributed by atoms with Gasteiger partial charge in [0.15, 0.2) is 6.23 Å². The van der Waals surface area contributed by atoms with Crippen LogP contribution in [0.15, 0.2) is 24.3 Å². The first-order valence-electron chi connectivity index (χ1n) is 26.0. The Bertz CT molecular complexity index is 2100. The van der Waals surface area contributed by atoms with Gasteiger partial charge in [-0.1, -0.05) is 77.8 Å². The van der Waals surface area contributed by atoms with Crippen LogP contribution in [0.4, 0.5) is 0 Å². The fourth-order valence-corrected chi connectivity index (χ4v) is 9.79. The van der Waals surface area contributed by atoms with Crippen LogP contribution >= 0.6 is 0 Å². The molecular formula is C50H80N8O17. The maximum Gasteiger partial charge on any atom is 0.248 e. The van der Waals surface area contributed by atoms with Gasteiger partial charge in [0.25, 0.3) is 0 Å². The van der Waals surface area contributed by atoms with Gasteiger partial charge >= 0.3 is 0 Å². The zero-order valence-electron chi connectivity index (χ0n) is 43.1. The largest absolute Gasteiger partial charge is 0.508 e. The van der Waals surface area contributed by atoms with Gasteiger partial charge in [-0.05, 0) is 55.7 Å². The van der Waals surface area contributed by atoms with Gasteiger partial charge < -0.3 is 88.1 Å². The normalized spacial score (nSPS) is 29.0. The number of hydrogen-bond acceptors (Lipinski definition) is 17. The van der Waals surface area contributed by atoms with E-state index in [9.17, 15) is 84.3 Å². The van der Waals surface area contributed by atoms with Crippen LogP contribution in [0, 0.1) is 11.8 Å². The molecule has 16 N–H and O–H groups in total. The van der Waals surface area contributed by atoms with E-state index in [4.69, 9.17) is 5.73 Å². The standard InChI is InChI=1S/C50H80N8O17/c1-5-25(2)20-26(3)12-10-8-6-7-9-11-13-37(66)52-31-22-35(64)46(71)56-48(73)41-33(62)18-19-57(41)50(75)39(34(63)23-36(51)65)54-47(72)40(43(68)42(67)28-14-16-29(60)17-15-28)55-45(70)32-21-30(61)24-58(32)49(74)38(27(4)59)53-44(31)69/h14-17,25-27,30-35,38-43,46,59-64,67-68,71H,5-13,18-24H2,1-4H3,(H2,51,65)(H,52,66)(H,53,69)(H,54,72)(H,55,70)(H,56,73)/t25?,26?,27-,30-,31?,32+,33+,34-,35-,38+,39+,40+,41+,42+,43+,46-/m1/s1. The van der Waals surface area contributed by atoms with E-state index in [0.717, 1.165) is 74.6 Å². The lowest BCUT2D eigenvalue weighted by atomic mass is 9.91. The van der Waals surface area contributed by atoms with Crippen molar-refractivity contribution in [3.63, 3.8) is 0 Å². The Hall–Kier alpha value is -5.54. The fourth-order valence-electron chi connectivity index (χ4n) is 9.79. The van der Waals surface area contributed by atoms with E-state index >= 15 is 0 Å². The number of carbonyl (C=O) groups excluding carboxylic acids is 8. The molecule has 3 aliphatic heterocycles. The number of carbonyl (C=O) groups is 8.